The molecule has 0 unspecified atom stereocenters. The van der Waals surface area contributed by atoms with E-state index >= 15 is 0 Å². The fourth-order valence-electron chi connectivity index (χ4n) is 1.53. The number of aryl methyl sites for hydroxylation is 1. The normalized spacial score (nSPS) is 11.7. The molecule has 102 valence electrons. The molecule has 1 heterocycles. The van der Waals surface area contributed by atoms with Gasteiger partial charge < -0.3 is 5.73 Å². The molecular formula is C11H13BrN4O2S. The van der Waals surface area contributed by atoms with E-state index in [1.807, 2.05) is 0 Å². The van der Waals surface area contributed by atoms with Gasteiger partial charge in [0.25, 0.3) is 0 Å². The zero-order valence-electron chi connectivity index (χ0n) is 10.2. The van der Waals surface area contributed by atoms with Crippen molar-refractivity contribution >= 4 is 31.6 Å². The van der Waals surface area contributed by atoms with E-state index < -0.39 is 10.0 Å². The highest BCUT2D eigenvalue weighted by atomic mass is 79.9. The van der Waals surface area contributed by atoms with Crippen molar-refractivity contribution in [3.8, 4) is 0 Å². The minimum absolute atomic E-state index is 0.114. The Labute approximate surface area is 119 Å². The molecule has 0 atom stereocenters. The van der Waals surface area contributed by atoms with E-state index in [-0.39, 0.29) is 11.4 Å². The third-order valence-electron chi connectivity index (χ3n) is 2.46. The van der Waals surface area contributed by atoms with Gasteiger partial charge in [-0.05, 0) is 40.2 Å². The first-order valence-corrected chi connectivity index (χ1v) is 7.69. The second-order valence-electron chi connectivity index (χ2n) is 4.00. The third kappa shape index (κ3) is 3.34. The number of hydrogen-bond donors (Lipinski definition) is 2. The predicted molar refractivity (Wildman–Crippen MR) is 75.8 cm³/mol. The summed E-state index contributed by atoms with van der Waals surface area (Å²) in [7, 11) is -1.86. The van der Waals surface area contributed by atoms with E-state index in [0.29, 0.717) is 15.9 Å². The standard InChI is InChI=1S/C11H13BrN4O2S/c1-16-5-4-9(15-16)7-14-19(17,18)11-6-8(13)2-3-10(11)12/h2-6,14H,7,13H2,1H3. The molecule has 2 aromatic rings. The molecule has 3 N–H and O–H groups in total. The van der Waals surface area contributed by atoms with Crippen molar-refractivity contribution in [2.24, 2.45) is 7.05 Å². The lowest BCUT2D eigenvalue weighted by Crippen LogP contribution is -2.24. The molecule has 0 aliphatic heterocycles. The van der Waals surface area contributed by atoms with E-state index in [1.165, 1.54) is 6.07 Å². The maximum atomic E-state index is 12.2. The van der Waals surface area contributed by atoms with Gasteiger partial charge in [0, 0.05) is 23.4 Å². The summed E-state index contributed by atoms with van der Waals surface area (Å²) >= 11 is 3.20. The highest BCUT2D eigenvalue weighted by Crippen LogP contribution is 2.24. The maximum absolute atomic E-state index is 12.2. The van der Waals surface area contributed by atoms with Gasteiger partial charge in [-0.15, -0.1) is 0 Å². The summed E-state index contributed by atoms with van der Waals surface area (Å²) in [5.74, 6) is 0. The third-order valence-corrected chi connectivity index (χ3v) is 4.85. The first-order valence-electron chi connectivity index (χ1n) is 5.42. The Morgan fingerprint density at radius 2 is 2.16 bits per heavy atom. The monoisotopic (exact) mass is 344 g/mol. The number of anilines is 1. The summed E-state index contributed by atoms with van der Waals surface area (Å²) in [6.07, 6.45) is 1.75. The number of hydrogen-bond acceptors (Lipinski definition) is 4. The SMILES string of the molecule is Cn1ccc(CNS(=O)(=O)c2cc(N)ccc2Br)n1. The summed E-state index contributed by atoms with van der Waals surface area (Å²) in [5, 5.41) is 4.10. The van der Waals surface area contributed by atoms with Crippen LogP contribution in [-0.2, 0) is 23.6 Å². The second kappa shape index (κ2) is 5.32. The van der Waals surface area contributed by atoms with Gasteiger partial charge >= 0.3 is 0 Å². The summed E-state index contributed by atoms with van der Waals surface area (Å²) in [6.45, 7) is 0.129. The van der Waals surface area contributed by atoms with Crippen LogP contribution in [0.2, 0.25) is 0 Å². The summed E-state index contributed by atoms with van der Waals surface area (Å²) in [5.41, 5.74) is 6.64. The second-order valence-corrected chi connectivity index (χ2v) is 6.58. The van der Waals surface area contributed by atoms with Crippen LogP contribution in [0.25, 0.3) is 0 Å². The van der Waals surface area contributed by atoms with Gasteiger partial charge in [0.05, 0.1) is 17.1 Å². The minimum Gasteiger partial charge on any atom is -0.399 e. The van der Waals surface area contributed by atoms with Crippen molar-refractivity contribution < 1.29 is 8.42 Å². The van der Waals surface area contributed by atoms with Gasteiger partial charge in [-0.2, -0.15) is 5.10 Å². The van der Waals surface area contributed by atoms with Gasteiger partial charge in [0.15, 0.2) is 0 Å². The first-order chi connectivity index (χ1) is 8.88. The van der Waals surface area contributed by atoms with Gasteiger partial charge in [0.2, 0.25) is 10.0 Å². The average molecular weight is 345 g/mol. The fourth-order valence-corrected chi connectivity index (χ4v) is 3.53. The fraction of sp³-hybridized carbons (Fsp3) is 0.182. The molecule has 8 heteroatoms. The molecule has 0 radical (unpaired) electrons. The Balaban J connectivity index is 2.20. The zero-order valence-corrected chi connectivity index (χ0v) is 12.6. The van der Waals surface area contributed by atoms with Gasteiger partial charge in [-0.1, -0.05) is 0 Å². The summed E-state index contributed by atoms with van der Waals surface area (Å²) in [6, 6.07) is 6.38. The predicted octanol–water partition coefficient (Wildman–Crippen LogP) is 1.24. The molecule has 6 nitrogen and oxygen atoms in total. The largest absolute Gasteiger partial charge is 0.399 e. The highest BCUT2D eigenvalue weighted by molar-refractivity contribution is 9.10. The first kappa shape index (κ1) is 14.0. The van der Waals surface area contributed by atoms with Crippen LogP contribution in [0, 0.1) is 0 Å². The number of nitrogens with zero attached hydrogens (tertiary/aromatic N) is 2. The van der Waals surface area contributed by atoms with Crippen LogP contribution in [0.4, 0.5) is 5.69 Å². The molecule has 0 saturated carbocycles. The van der Waals surface area contributed by atoms with E-state index in [9.17, 15) is 8.42 Å². The van der Waals surface area contributed by atoms with Crippen LogP contribution >= 0.6 is 15.9 Å². The Morgan fingerprint density at radius 3 is 2.79 bits per heavy atom. The van der Waals surface area contributed by atoms with Crippen molar-refractivity contribution in [1.82, 2.24) is 14.5 Å². The summed E-state index contributed by atoms with van der Waals surface area (Å²) in [4.78, 5) is 0.114. The molecular weight excluding hydrogens is 332 g/mol. The van der Waals surface area contributed by atoms with Crippen LogP contribution in [0.3, 0.4) is 0 Å². The quantitative estimate of drug-likeness (QED) is 0.816. The van der Waals surface area contributed by atoms with E-state index in [0.717, 1.165) is 0 Å². The number of benzene rings is 1. The molecule has 1 aromatic carbocycles. The Morgan fingerprint density at radius 1 is 1.42 bits per heavy atom. The molecule has 0 saturated heterocycles. The lowest BCUT2D eigenvalue weighted by atomic mass is 10.3. The van der Waals surface area contributed by atoms with Gasteiger partial charge in [-0.25, -0.2) is 13.1 Å². The van der Waals surface area contributed by atoms with Crippen molar-refractivity contribution in [3.05, 3.63) is 40.6 Å². The molecule has 19 heavy (non-hydrogen) atoms. The maximum Gasteiger partial charge on any atom is 0.242 e. The van der Waals surface area contributed by atoms with Crippen molar-refractivity contribution in [2.75, 3.05) is 5.73 Å². The number of nitrogens with one attached hydrogen (secondary N) is 1. The van der Waals surface area contributed by atoms with E-state index in [2.05, 4.69) is 25.8 Å². The zero-order chi connectivity index (χ0) is 14.0. The Hall–Kier alpha value is -1.38. The topological polar surface area (TPSA) is 90.0 Å². The average Bonchev–Trinajstić information content (AvgIpc) is 2.76. The van der Waals surface area contributed by atoms with Crippen LogP contribution < -0.4 is 10.5 Å². The number of aromatic nitrogens is 2. The Bertz CT molecular complexity index is 696. The van der Waals surface area contributed by atoms with Crippen LogP contribution in [0.15, 0.2) is 39.8 Å². The lowest BCUT2D eigenvalue weighted by molar-refractivity contribution is 0.579. The molecule has 0 aliphatic carbocycles. The van der Waals surface area contributed by atoms with Crippen molar-refractivity contribution in [3.63, 3.8) is 0 Å². The molecule has 1 aromatic heterocycles. The van der Waals surface area contributed by atoms with Crippen molar-refractivity contribution in [1.29, 1.82) is 0 Å². The molecule has 0 bridgehead atoms. The number of rotatable bonds is 4. The smallest absolute Gasteiger partial charge is 0.242 e. The highest BCUT2D eigenvalue weighted by Gasteiger charge is 2.18. The number of nitrogen functional groups attached to an aromatic ring is 1. The number of halogens is 1. The molecule has 0 fully saturated rings. The minimum atomic E-state index is -3.63. The van der Waals surface area contributed by atoms with Crippen LogP contribution in [-0.4, -0.2) is 18.2 Å². The molecule has 0 spiro atoms. The molecule has 2 rings (SSSR count). The van der Waals surface area contributed by atoms with E-state index in [4.69, 9.17) is 5.73 Å². The van der Waals surface area contributed by atoms with Crippen molar-refractivity contribution in [2.45, 2.75) is 11.4 Å². The lowest BCUT2D eigenvalue weighted by Gasteiger charge is -2.08. The van der Waals surface area contributed by atoms with E-state index in [1.54, 1.807) is 36.1 Å². The molecule has 0 aliphatic rings. The number of sulfonamides is 1. The number of nitrogens with two attached hydrogens (primary N) is 1. The Kier molecular flexibility index (Phi) is 3.93. The molecule has 0 amide bonds. The van der Waals surface area contributed by atoms with Crippen LogP contribution in [0.1, 0.15) is 5.69 Å². The summed E-state index contributed by atoms with van der Waals surface area (Å²) < 4.78 is 28.9. The van der Waals surface area contributed by atoms with Crippen LogP contribution in [0.5, 0.6) is 0 Å². The van der Waals surface area contributed by atoms with Gasteiger partial charge in [0.1, 0.15) is 0 Å². The van der Waals surface area contributed by atoms with Gasteiger partial charge in [-0.3, -0.25) is 4.68 Å².